The third-order valence-corrected chi connectivity index (χ3v) is 8.66. The van der Waals surface area contributed by atoms with E-state index in [0.717, 1.165) is 31.7 Å². The summed E-state index contributed by atoms with van der Waals surface area (Å²) in [6.07, 6.45) is 7.40. The zero-order valence-electron chi connectivity index (χ0n) is 24.1. The fourth-order valence-electron chi connectivity index (χ4n) is 6.24. The monoisotopic (exact) mass is 586 g/mol. The number of anilines is 1. The molecule has 1 aliphatic carbocycles. The summed E-state index contributed by atoms with van der Waals surface area (Å²) in [7, 11) is 0. The number of nitrogens with one attached hydrogen (secondary N) is 1. The lowest BCUT2D eigenvalue weighted by Gasteiger charge is -2.51. The summed E-state index contributed by atoms with van der Waals surface area (Å²) >= 11 is 0. The van der Waals surface area contributed by atoms with E-state index >= 15 is 0 Å². The van der Waals surface area contributed by atoms with Crippen LogP contribution in [0.4, 0.5) is 10.6 Å². The Hall–Kier alpha value is -2.99. The highest BCUT2D eigenvalue weighted by Gasteiger charge is 2.44. The van der Waals surface area contributed by atoms with E-state index in [4.69, 9.17) is 11.5 Å². The Morgan fingerprint density at radius 2 is 1.71 bits per heavy atom. The average Bonchev–Trinajstić information content (AvgIpc) is 2.91. The second kappa shape index (κ2) is 12.5. The molecule has 224 valence electrons. The van der Waals surface area contributed by atoms with Crippen molar-refractivity contribution in [1.29, 1.82) is 0 Å². The molecule has 5 rings (SSSR count). The van der Waals surface area contributed by atoms with Crippen molar-refractivity contribution in [2.75, 3.05) is 51.1 Å². The van der Waals surface area contributed by atoms with E-state index in [2.05, 4.69) is 21.3 Å². The molecule has 2 saturated heterocycles. The Balaban J connectivity index is 0.00000387. The first-order valence-corrected chi connectivity index (χ1v) is 14.3. The van der Waals surface area contributed by atoms with E-state index in [1.54, 1.807) is 35.9 Å². The first-order valence-electron chi connectivity index (χ1n) is 14.3. The van der Waals surface area contributed by atoms with Gasteiger partial charge in [0.2, 0.25) is 5.91 Å². The van der Waals surface area contributed by atoms with Gasteiger partial charge in [-0.15, -0.1) is 12.4 Å². The fourth-order valence-corrected chi connectivity index (χ4v) is 6.24. The van der Waals surface area contributed by atoms with Crippen molar-refractivity contribution in [3.63, 3.8) is 0 Å². The third kappa shape index (κ3) is 7.27. The molecule has 1 aromatic carbocycles. The van der Waals surface area contributed by atoms with Crippen LogP contribution in [0.2, 0.25) is 0 Å². The average molecular weight is 587 g/mol. The number of urea groups is 1. The zero-order valence-corrected chi connectivity index (χ0v) is 24.9. The van der Waals surface area contributed by atoms with Crippen molar-refractivity contribution in [1.82, 2.24) is 24.3 Å². The molecule has 2 aliphatic heterocycles. The quantitative estimate of drug-likeness (QED) is 0.468. The number of nitrogens with zero attached hydrogens (tertiary/aromatic N) is 5. The molecule has 3 fully saturated rings. The van der Waals surface area contributed by atoms with E-state index < -0.39 is 11.2 Å². The summed E-state index contributed by atoms with van der Waals surface area (Å²) in [4.78, 5) is 47.9. The lowest BCUT2D eigenvalue weighted by atomic mass is 9.61. The summed E-state index contributed by atoms with van der Waals surface area (Å²) in [5.74, 6) is 0.0557. The van der Waals surface area contributed by atoms with Crippen LogP contribution in [-0.4, -0.2) is 93.6 Å². The van der Waals surface area contributed by atoms with Gasteiger partial charge in [-0.2, -0.15) is 4.98 Å². The van der Waals surface area contributed by atoms with Crippen molar-refractivity contribution in [3.05, 3.63) is 52.6 Å². The second-order valence-corrected chi connectivity index (χ2v) is 12.3. The number of hydrogen-bond donors (Lipinski definition) is 3. The van der Waals surface area contributed by atoms with Gasteiger partial charge in [0.1, 0.15) is 5.82 Å². The molecule has 12 heteroatoms. The fraction of sp³-hybridized carbons (Fsp3) is 0.586. The lowest BCUT2D eigenvalue weighted by molar-refractivity contribution is -0.137. The molecule has 1 spiro atoms. The molecule has 2 aromatic rings. The number of piperidine rings is 1. The maximum absolute atomic E-state index is 12.9. The van der Waals surface area contributed by atoms with Crippen molar-refractivity contribution in [2.45, 2.75) is 57.5 Å². The van der Waals surface area contributed by atoms with Crippen LogP contribution >= 0.6 is 12.4 Å². The van der Waals surface area contributed by atoms with Gasteiger partial charge < -0.3 is 26.2 Å². The molecule has 1 aromatic heterocycles. The second-order valence-electron chi connectivity index (χ2n) is 12.3. The summed E-state index contributed by atoms with van der Waals surface area (Å²) < 4.78 is 1.49. The standard InChI is InChI=1S/C29H42N8O3.ClH/c1-28(2,31)25(38)35-14-16-36(17-15-35)26(39)32-24-7-11-37(27(40)33-24)23-5-3-4-21(18-23)6-10-34-12-8-29(9-13-34)19-22(30)20-29;/h3-5,7,11,18,22H,6,8-10,12-17,19-20,30-31H2,1-2H3,(H,32,33,39,40);1H. The minimum Gasteiger partial charge on any atom is -0.338 e. The van der Waals surface area contributed by atoms with Gasteiger partial charge in [0.05, 0.1) is 11.2 Å². The number of piperazine rings is 1. The van der Waals surface area contributed by atoms with Crippen LogP contribution in [0.15, 0.2) is 41.3 Å². The van der Waals surface area contributed by atoms with E-state index in [-0.39, 0.29) is 30.2 Å². The molecule has 3 amide bonds. The van der Waals surface area contributed by atoms with E-state index in [1.807, 2.05) is 18.2 Å². The number of carbonyl (C=O) groups excluding carboxylic acids is 2. The van der Waals surface area contributed by atoms with Gasteiger partial charge in [-0.05, 0) is 88.2 Å². The minimum absolute atomic E-state index is 0. The van der Waals surface area contributed by atoms with Crippen LogP contribution in [0.1, 0.15) is 45.1 Å². The zero-order chi connectivity index (χ0) is 28.5. The highest BCUT2D eigenvalue weighted by molar-refractivity contribution is 5.89. The van der Waals surface area contributed by atoms with Crippen molar-refractivity contribution in [3.8, 4) is 5.69 Å². The van der Waals surface area contributed by atoms with Gasteiger partial charge in [0.25, 0.3) is 0 Å². The molecular formula is C29H43ClN8O3. The summed E-state index contributed by atoms with van der Waals surface area (Å²) in [5, 5.41) is 2.71. The molecule has 11 nitrogen and oxygen atoms in total. The molecule has 5 N–H and O–H groups in total. The molecular weight excluding hydrogens is 544 g/mol. The minimum atomic E-state index is -0.945. The normalized spacial score (nSPS) is 19.4. The molecule has 3 aliphatic rings. The van der Waals surface area contributed by atoms with Crippen molar-refractivity contribution < 1.29 is 9.59 Å². The number of carbonyl (C=O) groups is 2. The molecule has 0 radical (unpaired) electrons. The largest absolute Gasteiger partial charge is 0.354 e. The number of aromatic nitrogens is 2. The number of likely N-dealkylation sites (tertiary alicyclic amines) is 1. The summed E-state index contributed by atoms with van der Waals surface area (Å²) in [6.45, 7) is 8.18. The van der Waals surface area contributed by atoms with Crippen molar-refractivity contribution >= 4 is 30.2 Å². The number of halogens is 1. The molecule has 0 atom stereocenters. The van der Waals surface area contributed by atoms with E-state index in [1.165, 1.54) is 35.8 Å². The first kappa shape index (κ1) is 31.0. The highest BCUT2D eigenvalue weighted by atomic mass is 35.5. The number of benzene rings is 1. The Kier molecular flexibility index (Phi) is 9.42. The van der Waals surface area contributed by atoms with Crippen LogP contribution in [-0.2, 0) is 11.2 Å². The molecule has 0 bridgehead atoms. The Labute approximate surface area is 247 Å². The van der Waals surface area contributed by atoms with Crippen LogP contribution in [0.25, 0.3) is 5.69 Å². The van der Waals surface area contributed by atoms with Gasteiger partial charge in [0, 0.05) is 45.0 Å². The maximum Gasteiger partial charge on any atom is 0.354 e. The number of rotatable bonds is 6. The van der Waals surface area contributed by atoms with Crippen LogP contribution in [0.3, 0.4) is 0 Å². The van der Waals surface area contributed by atoms with Gasteiger partial charge in [-0.3, -0.25) is 14.7 Å². The smallest absolute Gasteiger partial charge is 0.338 e. The van der Waals surface area contributed by atoms with Crippen molar-refractivity contribution in [2.24, 2.45) is 16.9 Å². The van der Waals surface area contributed by atoms with Gasteiger partial charge in [-0.1, -0.05) is 12.1 Å². The third-order valence-electron chi connectivity index (χ3n) is 8.66. The van der Waals surface area contributed by atoms with Gasteiger partial charge in [0.15, 0.2) is 0 Å². The van der Waals surface area contributed by atoms with Crippen LogP contribution in [0, 0.1) is 5.41 Å². The van der Waals surface area contributed by atoms with E-state index in [0.29, 0.717) is 37.6 Å². The first-order chi connectivity index (χ1) is 19.0. The molecule has 0 unspecified atom stereocenters. The van der Waals surface area contributed by atoms with Crippen LogP contribution < -0.4 is 22.5 Å². The predicted octanol–water partition coefficient (Wildman–Crippen LogP) is 1.81. The lowest BCUT2D eigenvalue weighted by Crippen LogP contribution is -2.58. The van der Waals surface area contributed by atoms with Gasteiger partial charge in [-0.25, -0.2) is 9.59 Å². The SMILES string of the molecule is CC(C)(N)C(=O)N1CCN(C(=O)Nc2ccn(-c3cccc(CCN4CCC5(CC4)CC(N)C5)c3)c(=O)n2)CC1.Cl. The highest BCUT2D eigenvalue weighted by Crippen LogP contribution is 2.48. The maximum atomic E-state index is 12.9. The summed E-state index contributed by atoms with van der Waals surface area (Å²) in [5.41, 5.74) is 13.0. The summed E-state index contributed by atoms with van der Waals surface area (Å²) in [6, 6.07) is 9.65. The van der Waals surface area contributed by atoms with E-state index in [9.17, 15) is 14.4 Å². The number of amides is 3. The predicted molar refractivity (Wildman–Crippen MR) is 162 cm³/mol. The number of nitrogens with two attached hydrogens (primary N) is 2. The number of hydrogen-bond acceptors (Lipinski definition) is 7. The molecule has 1 saturated carbocycles. The van der Waals surface area contributed by atoms with Gasteiger partial charge >= 0.3 is 11.7 Å². The molecule has 3 heterocycles. The Bertz CT molecular complexity index is 1290. The topological polar surface area (TPSA) is 143 Å². The Morgan fingerprint density at radius 1 is 1.05 bits per heavy atom. The molecule has 41 heavy (non-hydrogen) atoms. The van der Waals surface area contributed by atoms with Crippen LogP contribution in [0.5, 0.6) is 0 Å². The Morgan fingerprint density at radius 3 is 2.32 bits per heavy atom.